The Morgan fingerprint density at radius 3 is 0.500 bits per heavy atom. The van der Waals surface area contributed by atoms with Crippen LogP contribution in [0, 0.1) is 27.7 Å². The molecule has 10 heteroatoms. The Hall–Kier alpha value is -2.90. The summed E-state index contributed by atoms with van der Waals surface area (Å²) < 4.78 is 17.1. The van der Waals surface area contributed by atoms with Gasteiger partial charge in [-0.25, -0.2) is 0 Å². The van der Waals surface area contributed by atoms with Gasteiger partial charge in [0.15, 0.2) is 0 Å². The molecular weight excluding hydrogens is 526 g/mol. The molecule has 4 aromatic rings. The summed E-state index contributed by atoms with van der Waals surface area (Å²) in [7, 11) is -10.8. The summed E-state index contributed by atoms with van der Waals surface area (Å²) in [5.41, 5.74) is 5.29. The summed E-state index contributed by atoms with van der Waals surface area (Å²) in [5.74, 6) is 0. The quantitative estimate of drug-likeness (QED) is 0.296. The number of phosphoric acid groups is 2. The Kier molecular flexibility index (Phi) is 21.7. The molecular formula is C28H32O8P2-6. The summed E-state index contributed by atoms with van der Waals surface area (Å²) in [4.78, 5) is 51.3. The van der Waals surface area contributed by atoms with Crippen molar-refractivity contribution < 1.29 is 38.5 Å². The van der Waals surface area contributed by atoms with Crippen molar-refractivity contribution in [3.05, 3.63) is 144 Å². The molecule has 0 aromatic heterocycles. The van der Waals surface area contributed by atoms with Crippen LogP contribution in [0.5, 0.6) is 0 Å². The van der Waals surface area contributed by atoms with Crippen LogP contribution in [0.2, 0.25) is 0 Å². The van der Waals surface area contributed by atoms with Crippen LogP contribution in [0.25, 0.3) is 0 Å². The third-order valence-corrected chi connectivity index (χ3v) is 3.76. The molecule has 0 saturated heterocycles. The van der Waals surface area contributed by atoms with Gasteiger partial charge in [0.1, 0.15) is 0 Å². The molecule has 0 spiro atoms. The van der Waals surface area contributed by atoms with Gasteiger partial charge in [-0.3, -0.25) is 0 Å². The highest BCUT2D eigenvalue weighted by atomic mass is 31.2. The third kappa shape index (κ3) is 40.3. The first-order valence-corrected chi connectivity index (χ1v) is 14.0. The first-order chi connectivity index (χ1) is 17.6. The molecule has 38 heavy (non-hydrogen) atoms. The fraction of sp³-hybridized carbons (Fsp3) is 0.143. The molecule has 0 heterocycles. The van der Waals surface area contributed by atoms with Crippen molar-refractivity contribution in [2.45, 2.75) is 27.7 Å². The van der Waals surface area contributed by atoms with Gasteiger partial charge in [-0.1, -0.05) is 144 Å². The minimum atomic E-state index is -5.39. The topological polar surface area (TPSA) is 172 Å². The van der Waals surface area contributed by atoms with Gasteiger partial charge in [0.05, 0.1) is 0 Å². The molecule has 208 valence electrons. The van der Waals surface area contributed by atoms with Gasteiger partial charge in [-0.05, 0) is 27.7 Å². The molecule has 4 rings (SSSR count). The largest absolute Gasteiger partial charge is 0.822 e. The van der Waals surface area contributed by atoms with Crippen LogP contribution >= 0.6 is 15.6 Å². The second-order valence-corrected chi connectivity index (χ2v) is 9.30. The molecule has 0 radical (unpaired) electrons. The molecule has 0 bridgehead atoms. The van der Waals surface area contributed by atoms with E-state index in [0.717, 1.165) is 0 Å². The second-order valence-electron chi connectivity index (χ2n) is 7.51. The highest BCUT2D eigenvalue weighted by molar-refractivity contribution is 7.40. The Morgan fingerprint density at radius 2 is 0.447 bits per heavy atom. The van der Waals surface area contributed by atoms with Crippen LogP contribution in [0.4, 0.5) is 0 Å². The molecule has 0 aliphatic carbocycles. The fourth-order valence-corrected chi connectivity index (χ4v) is 2.14. The lowest BCUT2D eigenvalue weighted by atomic mass is 10.2. The molecule has 0 aliphatic heterocycles. The first kappa shape index (κ1) is 37.3. The summed E-state index contributed by atoms with van der Waals surface area (Å²) in [5, 5.41) is 0. The summed E-state index contributed by atoms with van der Waals surface area (Å²) in [6, 6.07) is 41.0. The van der Waals surface area contributed by atoms with E-state index in [-0.39, 0.29) is 0 Å². The van der Waals surface area contributed by atoms with Crippen LogP contribution in [0.3, 0.4) is 0 Å². The van der Waals surface area contributed by atoms with E-state index >= 15 is 0 Å². The van der Waals surface area contributed by atoms with Crippen molar-refractivity contribution in [3.63, 3.8) is 0 Å². The number of hydrogen-bond acceptors (Lipinski definition) is 8. The SMILES string of the molecule is Cc1ccccc1.Cc1ccccc1.Cc1ccccc1.Cc1ccccc1.O=P([O-])([O-])[O-].O=P([O-])([O-])[O-]. The predicted molar refractivity (Wildman–Crippen MR) is 140 cm³/mol. The molecule has 0 unspecified atom stereocenters. The van der Waals surface area contributed by atoms with Gasteiger partial charge in [-0.15, -0.1) is 0 Å². The molecule has 0 atom stereocenters. The maximum absolute atomic E-state index is 8.55. The van der Waals surface area contributed by atoms with Crippen molar-refractivity contribution >= 4 is 15.6 Å². The minimum absolute atomic E-state index is 1.32. The Balaban J connectivity index is 0. The van der Waals surface area contributed by atoms with Gasteiger partial charge in [0, 0.05) is 0 Å². The van der Waals surface area contributed by atoms with Gasteiger partial charge in [0.2, 0.25) is 0 Å². The normalized spacial score (nSPS) is 9.53. The lowest BCUT2D eigenvalue weighted by Gasteiger charge is -2.36. The number of benzene rings is 4. The van der Waals surface area contributed by atoms with Gasteiger partial charge in [0.25, 0.3) is 0 Å². The van der Waals surface area contributed by atoms with E-state index in [9.17, 15) is 0 Å². The van der Waals surface area contributed by atoms with E-state index in [1.54, 1.807) is 0 Å². The van der Waals surface area contributed by atoms with Crippen molar-refractivity contribution in [1.29, 1.82) is 0 Å². The van der Waals surface area contributed by atoms with Crippen molar-refractivity contribution in [2.75, 3.05) is 0 Å². The van der Waals surface area contributed by atoms with E-state index < -0.39 is 15.6 Å². The van der Waals surface area contributed by atoms with E-state index in [1.165, 1.54) is 22.3 Å². The van der Waals surface area contributed by atoms with E-state index in [2.05, 4.69) is 76.2 Å². The Labute approximate surface area is 225 Å². The third-order valence-electron chi connectivity index (χ3n) is 3.76. The zero-order valence-corrected chi connectivity index (χ0v) is 23.5. The van der Waals surface area contributed by atoms with E-state index in [4.69, 9.17) is 38.5 Å². The lowest BCUT2D eigenvalue weighted by molar-refractivity contribution is -0.434. The summed E-state index contributed by atoms with van der Waals surface area (Å²) >= 11 is 0. The maximum atomic E-state index is 8.55. The minimum Gasteiger partial charge on any atom is -0.822 e. The van der Waals surface area contributed by atoms with Gasteiger partial charge < -0.3 is 38.5 Å². The first-order valence-electron chi connectivity index (χ1n) is 11.1. The Morgan fingerprint density at radius 1 is 0.342 bits per heavy atom. The Bertz CT molecular complexity index is 962. The molecule has 8 nitrogen and oxygen atoms in total. The second kappa shape index (κ2) is 22.1. The number of aryl methyl sites for hydroxylation is 4. The van der Waals surface area contributed by atoms with Crippen LogP contribution in [0.1, 0.15) is 22.3 Å². The summed E-state index contributed by atoms with van der Waals surface area (Å²) in [6.07, 6.45) is 0. The lowest BCUT2D eigenvalue weighted by Crippen LogP contribution is -2.24. The van der Waals surface area contributed by atoms with Crippen LogP contribution in [-0.4, -0.2) is 0 Å². The highest BCUT2D eigenvalue weighted by Crippen LogP contribution is 2.03. The van der Waals surface area contributed by atoms with Crippen molar-refractivity contribution in [1.82, 2.24) is 0 Å². The number of hydrogen-bond donors (Lipinski definition) is 0. The van der Waals surface area contributed by atoms with E-state index in [0.29, 0.717) is 0 Å². The zero-order chi connectivity index (χ0) is 29.5. The van der Waals surface area contributed by atoms with Crippen LogP contribution in [0.15, 0.2) is 121 Å². The monoisotopic (exact) mass is 558 g/mol. The molecule has 0 saturated carbocycles. The molecule has 0 fully saturated rings. The zero-order valence-electron chi connectivity index (χ0n) is 21.7. The molecule has 4 aromatic carbocycles. The number of rotatable bonds is 0. The average Bonchev–Trinajstić information content (AvgIpc) is 2.80. The van der Waals surface area contributed by atoms with Crippen LogP contribution in [-0.2, 0) is 9.13 Å². The standard InChI is InChI=1S/4C7H8.2H3O4P/c4*1-7-5-3-2-4-6-7;2*1-5(2,3)4/h4*2-6H,1H3;2*(H3,1,2,3,4)/p-6. The van der Waals surface area contributed by atoms with Crippen LogP contribution < -0.4 is 29.4 Å². The maximum Gasteiger partial charge on any atom is -0.0398 e. The van der Waals surface area contributed by atoms with Gasteiger partial charge >= 0.3 is 0 Å². The molecule has 0 aliphatic rings. The van der Waals surface area contributed by atoms with Gasteiger partial charge in [-0.2, -0.15) is 15.6 Å². The molecule has 0 N–H and O–H groups in total. The predicted octanol–water partition coefficient (Wildman–Crippen LogP) is 2.33. The summed E-state index contributed by atoms with van der Waals surface area (Å²) in [6.45, 7) is 8.33. The van der Waals surface area contributed by atoms with Crippen molar-refractivity contribution in [2.24, 2.45) is 0 Å². The average molecular weight is 559 g/mol. The fourth-order valence-electron chi connectivity index (χ4n) is 2.14. The highest BCUT2D eigenvalue weighted by Gasteiger charge is 1.74. The molecule has 0 amide bonds. The van der Waals surface area contributed by atoms with Crippen molar-refractivity contribution in [3.8, 4) is 0 Å². The smallest absolute Gasteiger partial charge is 0.0398 e. The van der Waals surface area contributed by atoms with E-state index in [1.807, 2.05) is 72.8 Å².